The highest BCUT2D eigenvalue weighted by Gasteiger charge is 2.30. The standard InChI is InChI=1S/C19H21ClFN3O3S/c1-14-2-3-15(12-18(14)21)13-22-19(25)23-8-10-24(11-9-23)28(26,27)17-6-4-16(20)5-7-17/h2-7,12H,8-11,13H2,1H3,(H,22,25). The Morgan fingerprint density at radius 3 is 2.36 bits per heavy atom. The fraction of sp³-hybridized carbons (Fsp3) is 0.316. The summed E-state index contributed by atoms with van der Waals surface area (Å²) in [5.41, 5.74) is 1.22. The van der Waals surface area contributed by atoms with E-state index in [-0.39, 0.29) is 49.5 Å². The van der Waals surface area contributed by atoms with Gasteiger partial charge < -0.3 is 10.2 Å². The second-order valence-electron chi connectivity index (χ2n) is 6.59. The number of aryl methyl sites for hydroxylation is 1. The first-order valence-electron chi connectivity index (χ1n) is 8.81. The predicted octanol–water partition coefficient (Wildman–Crippen LogP) is 3.00. The zero-order valence-corrected chi connectivity index (χ0v) is 16.9. The molecular weight excluding hydrogens is 405 g/mol. The van der Waals surface area contributed by atoms with E-state index in [1.165, 1.54) is 34.6 Å². The molecule has 1 N–H and O–H groups in total. The fourth-order valence-corrected chi connectivity index (χ4v) is 4.47. The van der Waals surface area contributed by atoms with Gasteiger partial charge in [-0.05, 0) is 48.4 Å². The number of halogens is 2. The first kappa shape index (κ1) is 20.6. The average molecular weight is 426 g/mol. The number of piperazine rings is 1. The molecule has 0 saturated carbocycles. The van der Waals surface area contributed by atoms with E-state index in [9.17, 15) is 17.6 Å². The molecule has 0 unspecified atom stereocenters. The number of urea groups is 1. The van der Waals surface area contributed by atoms with Gasteiger partial charge in [-0.2, -0.15) is 4.31 Å². The summed E-state index contributed by atoms with van der Waals surface area (Å²) in [6.07, 6.45) is 0. The number of hydrogen-bond donors (Lipinski definition) is 1. The zero-order valence-electron chi connectivity index (χ0n) is 15.4. The molecule has 2 amide bonds. The number of carbonyl (C=O) groups excluding carboxylic acids is 1. The van der Waals surface area contributed by atoms with E-state index in [4.69, 9.17) is 11.6 Å². The van der Waals surface area contributed by atoms with Crippen molar-refractivity contribution in [1.82, 2.24) is 14.5 Å². The van der Waals surface area contributed by atoms with Gasteiger partial charge in [-0.3, -0.25) is 0 Å². The third kappa shape index (κ3) is 4.63. The van der Waals surface area contributed by atoms with E-state index in [0.717, 1.165) is 0 Å². The molecule has 150 valence electrons. The van der Waals surface area contributed by atoms with Crippen molar-refractivity contribution in [2.45, 2.75) is 18.4 Å². The van der Waals surface area contributed by atoms with Crippen LogP contribution in [0.1, 0.15) is 11.1 Å². The van der Waals surface area contributed by atoms with Gasteiger partial charge >= 0.3 is 6.03 Å². The Morgan fingerprint density at radius 2 is 1.75 bits per heavy atom. The van der Waals surface area contributed by atoms with Gasteiger partial charge in [0.2, 0.25) is 10.0 Å². The topological polar surface area (TPSA) is 69.7 Å². The molecule has 3 rings (SSSR count). The molecule has 1 aliphatic rings. The number of sulfonamides is 1. The van der Waals surface area contributed by atoms with Crippen molar-refractivity contribution < 1.29 is 17.6 Å². The summed E-state index contributed by atoms with van der Waals surface area (Å²) in [6.45, 7) is 2.85. The van der Waals surface area contributed by atoms with Crippen molar-refractivity contribution in [1.29, 1.82) is 0 Å². The molecular formula is C19H21ClFN3O3S. The summed E-state index contributed by atoms with van der Waals surface area (Å²) >= 11 is 5.81. The van der Waals surface area contributed by atoms with Crippen molar-refractivity contribution in [2.75, 3.05) is 26.2 Å². The van der Waals surface area contributed by atoms with Crippen LogP contribution < -0.4 is 5.32 Å². The summed E-state index contributed by atoms with van der Waals surface area (Å²) in [5.74, 6) is -0.312. The third-order valence-electron chi connectivity index (χ3n) is 4.66. The van der Waals surface area contributed by atoms with Crippen molar-refractivity contribution in [2.24, 2.45) is 0 Å². The van der Waals surface area contributed by atoms with E-state index in [1.807, 2.05) is 0 Å². The Kier molecular flexibility index (Phi) is 6.22. The third-order valence-corrected chi connectivity index (χ3v) is 6.82. The predicted molar refractivity (Wildman–Crippen MR) is 105 cm³/mol. The maximum Gasteiger partial charge on any atom is 0.317 e. The molecule has 1 fully saturated rings. The number of amides is 2. The molecule has 28 heavy (non-hydrogen) atoms. The lowest BCUT2D eigenvalue weighted by Crippen LogP contribution is -2.52. The maximum atomic E-state index is 13.6. The minimum Gasteiger partial charge on any atom is -0.334 e. The van der Waals surface area contributed by atoms with Gasteiger partial charge in [-0.15, -0.1) is 0 Å². The Balaban J connectivity index is 1.55. The van der Waals surface area contributed by atoms with Crippen LogP contribution in [0.4, 0.5) is 9.18 Å². The molecule has 6 nitrogen and oxygen atoms in total. The van der Waals surface area contributed by atoms with Crippen molar-refractivity contribution in [3.05, 3.63) is 64.4 Å². The molecule has 0 spiro atoms. The first-order chi connectivity index (χ1) is 13.3. The number of nitrogens with zero attached hydrogens (tertiary/aromatic N) is 2. The minimum absolute atomic E-state index is 0.177. The smallest absolute Gasteiger partial charge is 0.317 e. The quantitative estimate of drug-likeness (QED) is 0.818. The Labute approximate surface area is 168 Å². The van der Waals surface area contributed by atoms with Crippen LogP contribution >= 0.6 is 11.6 Å². The highest BCUT2D eigenvalue weighted by Crippen LogP contribution is 2.20. The number of rotatable bonds is 4. The summed E-state index contributed by atoms with van der Waals surface area (Å²) < 4.78 is 40.3. The average Bonchev–Trinajstić information content (AvgIpc) is 2.69. The number of hydrogen-bond acceptors (Lipinski definition) is 3. The van der Waals surface area contributed by atoms with Crippen LogP contribution in [0.2, 0.25) is 5.02 Å². The van der Waals surface area contributed by atoms with E-state index >= 15 is 0 Å². The second kappa shape index (κ2) is 8.46. The maximum absolute atomic E-state index is 13.6. The number of benzene rings is 2. The van der Waals surface area contributed by atoms with Gasteiger partial charge in [0.05, 0.1) is 4.90 Å². The van der Waals surface area contributed by atoms with Crippen molar-refractivity contribution >= 4 is 27.7 Å². The van der Waals surface area contributed by atoms with Crippen LogP contribution in [0.3, 0.4) is 0 Å². The molecule has 9 heteroatoms. The zero-order chi connectivity index (χ0) is 20.3. The van der Waals surface area contributed by atoms with Gasteiger partial charge in [0.25, 0.3) is 0 Å². The molecule has 2 aromatic carbocycles. The molecule has 1 aliphatic heterocycles. The summed E-state index contributed by atoms with van der Waals surface area (Å²) in [7, 11) is -3.62. The van der Waals surface area contributed by atoms with Crippen LogP contribution in [-0.2, 0) is 16.6 Å². The molecule has 1 heterocycles. The lowest BCUT2D eigenvalue weighted by Gasteiger charge is -2.34. The van der Waals surface area contributed by atoms with Gasteiger partial charge in [0.15, 0.2) is 0 Å². The summed E-state index contributed by atoms with van der Waals surface area (Å²) in [5, 5.41) is 3.21. The lowest BCUT2D eigenvalue weighted by atomic mass is 10.1. The van der Waals surface area contributed by atoms with E-state index in [0.29, 0.717) is 16.1 Å². The fourth-order valence-electron chi connectivity index (χ4n) is 2.92. The van der Waals surface area contributed by atoms with Crippen molar-refractivity contribution in [3.63, 3.8) is 0 Å². The Bertz CT molecular complexity index is 959. The SMILES string of the molecule is Cc1ccc(CNC(=O)N2CCN(S(=O)(=O)c3ccc(Cl)cc3)CC2)cc1F. The van der Waals surface area contributed by atoms with Crippen molar-refractivity contribution in [3.8, 4) is 0 Å². The monoisotopic (exact) mass is 425 g/mol. The molecule has 1 saturated heterocycles. The minimum atomic E-state index is -3.62. The molecule has 2 aromatic rings. The lowest BCUT2D eigenvalue weighted by molar-refractivity contribution is 0.172. The summed E-state index contributed by atoms with van der Waals surface area (Å²) in [4.78, 5) is 14.1. The van der Waals surface area contributed by atoms with Crippen LogP contribution in [0.5, 0.6) is 0 Å². The van der Waals surface area contributed by atoms with E-state index in [1.54, 1.807) is 24.0 Å². The molecule has 0 bridgehead atoms. The summed E-state index contributed by atoms with van der Waals surface area (Å²) in [6, 6.07) is 10.5. The Morgan fingerprint density at radius 1 is 1.11 bits per heavy atom. The van der Waals surface area contributed by atoms with Gasteiger partial charge in [-0.1, -0.05) is 23.7 Å². The van der Waals surface area contributed by atoms with Gasteiger partial charge in [-0.25, -0.2) is 17.6 Å². The molecule has 0 aromatic heterocycles. The highest BCUT2D eigenvalue weighted by molar-refractivity contribution is 7.89. The number of carbonyl (C=O) groups is 1. The van der Waals surface area contributed by atoms with Gasteiger partial charge in [0.1, 0.15) is 5.82 Å². The van der Waals surface area contributed by atoms with E-state index in [2.05, 4.69) is 5.32 Å². The Hall–Kier alpha value is -2.16. The van der Waals surface area contributed by atoms with Gasteiger partial charge in [0, 0.05) is 37.7 Å². The van der Waals surface area contributed by atoms with Crippen LogP contribution in [0, 0.1) is 12.7 Å². The molecule has 0 radical (unpaired) electrons. The van der Waals surface area contributed by atoms with Crippen LogP contribution in [0.15, 0.2) is 47.4 Å². The highest BCUT2D eigenvalue weighted by atomic mass is 35.5. The first-order valence-corrected chi connectivity index (χ1v) is 10.6. The number of nitrogens with one attached hydrogen (secondary N) is 1. The largest absolute Gasteiger partial charge is 0.334 e. The van der Waals surface area contributed by atoms with Crippen LogP contribution in [0.25, 0.3) is 0 Å². The molecule has 0 atom stereocenters. The van der Waals surface area contributed by atoms with Crippen LogP contribution in [-0.4, -0.2) is 49.8 Å². The normalized spacial score (nSPS) is 15.5. The van der Waals surface area contributed by atoms with E-state index < -0.39 is 10.0 Å². The molecule has 0 aliphatic carbocycles. The second-order valence-corrected chi connectivity index (χ2v) is 8.96.